The van der Waals surface area contributed by atoms with Crippen LogP contribution in [0.5, 0.6) is 17.2 Å². The van der Waals surface area contributed by atoms with Crippen molar-refractivity contribution in [2.24, 2.45) is 0 Å². The maximum atomic E-state index is 5.65. The lowest BCUT2D eigenvalue weighted by Crippen LogP contribution is -1.99. The van der Waals surface area contributed by atoms with E-state index in [2.05, 4.69) is 10.2 Å². The van der Waals surface area contributed by atoms with Gasteiger partial charge in [0.2, 0.25) is 11.6 Å². The number of benzene rings is 1. The van der Waals surface area contributed by atoms with Gasteiger partial charge in [-0.1, -0.05) is 6.07 Å². The van der Waals surface area contributed by atoms with Crippen molar-refractivity contribution in [2.75, 3.05) is 20.1 Å². The Balaban J connectivity index is 2.01. The minimum atomic E-state index is 0.164. The van der Waals surface area contributed by atoms with Crippen LogP contribution in [-0.2, 0) is 13.0 Å². The Labute approximate surface area is 128 Å². The van der Waals surface area contributed by atoms with Crippen LogP contribution in [-0.4, -0.2) is 30.3 Å². The summed E-state index contributed by atoms with van der Waals surface area (Å²) in [5.41, 5.74) is 0. The maximum Gasteiger partial charge on any atom is 0.253 e. The summed E-state index contributed by atoms with van der Waals surface area (Å²) in [7, 11) is 3.13. The first kappa shape index (κ1) is 15.4. The molecule has 0 atom stereocenters. The van der Waals surface area contributed by atoms with Gasteiger partial charge in [-0.05, 0) is 18.6 Å². The molecule has 0 amide bonds. The molecule has 2 rings (SSSR count). The van der Waals surface area contributed by atoms with Gasteiger partial charge in [0.15, 0.2) is 18.1 Å². The Kier molecular flexibility index (Phi) is 5.68. The van der Waals surface area contributed by atoms with Gasteiger partial charge >= 0.3 is 0 Å². The zero-order chi connectivity index (χ0) is 15.1. The Hall–Kier alpha value is -1.95. The molecule has 0 radical (unpaired) electrons. The lowest BCUT2D eigenvalue weighted by molar-refractivity contribution is 0.242. The number of aromatic nitrogens is 2. The molecule has 0 spiro atoms. The summed E-state index contributed by atoms with van der Waals surface area (Å²) in [5.74, 6) is 3.22. The molecule has 0 N–H and O–H groups in total. The summed E-state index contributed by atoms with van der Waals surface area (Å²) in [6, 6.07) is 5.39. The molecule has 21 heavy (non-hydrogen) atoms. The van der Waals surface area contributed by atoms with E-state index < -0.39 is 0 Å². The van der Waals surface area contributed by atoms with E-state index in [0.717, 1.165) is 6.42 Å². The van der Waals surface area contributed by atoms with E-state index in [1.165, 1.54) is 0 Å². The second-order valence-electron chi connectivity index (χ2n) is 4.16. The number of hydrogen-bond donors (Lipinski definition) is 0. The Morgan fingerprint density at radius 3 is 2.57 bits per heavy atom. The highest BCUT2D eigenvalue weighted by Gasteiger charge is 2.12. The van der Waals surface area contributed by atoms with Crippen LogP contribution in [0.25, 0.3) is 0 Å². The predicted octanol–water partition coefficient (Wildman–Crippen LogP) is 2.84. The van der Waals surface area contributed by atoms with Gasteiger partial charge in [-0.2, -0.15) is 0 Å². The molecule has 114 valence electrons. The van der Waals surface area contributed by atoms with Crippen LogP contribution in [0.3, 0.4) is 0 Å². The molecule has 7 heteroatoms. The molecular weight excluding hydrogens is 296 g/mol. The molecule has 0 aliphatic rings. The summed E-state index contributed by atoms with van der Waals surface area (Å²) in [5, 5.41) is 7.86. The molecule has 6 nitrogen and oxygen atoms in total. The fourth-order valence-electron chi connectivity index (χ4n) is 1.78. The van der Waals surface area contributed by atoms with Crippen LogP contribution in [0.4, 0.5) is 0 Å². The van der Waals surface area contributed by atoms with Crippen LogP contribution in [0, 0.1) is 0 Å². The Morgan fingerprint density at radius 1 is 1.10 bits per heavy atom. The minimum absolute atomic E-state index is 0.164. The quantitative estimate of drug-likeness (QED) is 0.698. The lowest BCUT2D eigenvalue weighted by Gasteiger charge is -2.12. The highest BCUT2D eigenvalue weighted by molar-refractivity contribution is 6.17. The fourth-order valence-corrected chi connectivity index (χ4v) is 1.91. The van der Waals surface area contributed by atoms with Crippen LogP contribution < -0.4 is 14.2 Å². The van der Waals surface area contributed by atoms with E-state index in [1.54, 1.807) is 26.4 Å². The molecule has 0 saturated heterocycles. The normalized spacial score (nSPS) is 10.4. The van der Waals surface area contributed by atoms with Gasteiger partial charge in [0, 0.05) is 12.3 Å². The van der Waals surface area contributed by atoms with Crippen molar-refractivity contribution in [3.05, 3.63) is 30.0 Å². The van der Waals surface area contributed by atoms with Crippen molar-refractivity contribution in [1.29, 1.82) is 0 Å². The van der Waals surface area contributed by atoms with Crippen molar-refractivity contribution in [3.63, 3.8) is 0 Å². The van der Waals surface area contributed by atoms with Crippen molar-refractivity contribution in [3.8, 4) is 17.2 Å². The van der Waals surface area contributed by atoms with E-state index in [4.69, 9.17) is 30.2 Å². The van der Waals surface area contributed by atoms with Crippen molar-refractivity contribution in [1.82, 2.24) is 10.2 Å². The van der Waals surface area contributed by atoms with Gasteiger partial charge in [-0.3, -0.25) is 0 Å². The molecule has 0 bridgehead atoms. The highest BCUT2D eigenvalue weighted by Crippen LogP contribution is 2.36. The van der Waals surface area contributed by atoms with E-state index in [0.29, 0.717) is 41.3 Å². The number of ether oxygens (including phenoxy) is 3. The molecule has 0 unspecified atom stereocenters. The summed E-state index contributed by atoms with van der Waals surface area (Å²) in [6.45, 7) is 0.164. The Bertz CT molecular complexity index is 574. The monoisotopic (exact) mass is 312 g/mol. The largest absolute Gasteiger partial charge is 0.493 e. The summed E-state index contributed by atoms with van der Waals surface area (Å²) < 4.78 is 21.6. The predicted molar refractivity (Wildman–Crippen MR) is 77.2 cm³/mol. The number of alkyl halides is 1. The number of hydrogen-bond acceptors (Lipinski definition) is 6. The molecule has 1 aromatic heterocycles. The number of para-hydroxylation sites is 1. The topological polar surface area (TPSA) is 66.6 Å². The van der Waals surface area contributed by atoms with Crippen molar-refractivity contribution >= 4 is 11.6 Å². The molecule has 1 aromatic carbocycles. The molecule has 0 fully saturated rings. The molecule has 0 saturated carbocycles. The second-order valence-corrected chi connectivity index (χ2v) is 4.54. The zero-order valence-electron chi connectivity index (χ0n) is 12.0. The van der Waals surface area contributed by atoms with Crippen molar-refractivity contribution in [2.45, 2.75) is 19.4 Å². The summed E-state index contributed by atoms with van der Waals surface area (Å²) >= 11 is 5.62. The van der Waals surface area contributed by atoms with Gasteiger partial charge < -0.3 is 18.6 Å². The lowest BCUT2D eigenvalue weighted by atomic mass is 10.3. The number of rotatable bonds is 8. The third-order valence-corrected chi connectivity index (χ3v) is 3.02. The molecule has 0 aliphatic carbocycles. The second kappa shape index (κ2) is 7.73. The van der Waals surface area contributed by atoms with Crippen LogP contribution in [0.2, 0.25) is 0 Å². The Morgan fingerprint density at radius 2 is 1.86 bits per heavy atom. The van der Waals surface area contributed by atoms with Gasteiger partial charge in [0.1, 0.15) is 0 Å². The fraction of sp³-hybridized carbons (Fsp3) is 0.429. The maximum absolute atomic E-state index is 5.65. The first-order valence-corrected chi connectivity index (χ1v) is 7.03. The highest BCUT2D eigenvalue weighted by atomic mass is 35.5. The van der Waals surface area contributed by atoms with Gasteiger partial charge in [-0.15, -0.1) is 21.8 Å². The van der Waals surface area contributed by atoms with Crippen molar-refractivity contribution < 1.29 is 18.6 Å². The third kappa shape index (κ3) is 4.01. The molecule has 1 heterocycles. The smallest absolute Gasteiger partial charge is 0.253 e. The SMILES string of the molecule is COc1cccc(OCc2nnc(CCCCl)o2)c1OC. The first-order valence-electron chi connectivity index (χ1n) is 6.49. The summed E-state index contributed by atoms with van der Waals surface area (Å²) in [6.07, 6.45) is 1.47. The van der Waals surface area contributed by atoms with Gasteiger partial charge in [0.05, 0.1) is 14.2 Å². The van der Waals surface area contributed by atoms with E-state index in [9.17, 15) is 0 Å². The molecule has 0 aliphatic heterocycles. The van der Waals surface area contributed by atoms with E-state index >= 15 is 0 Å². The van der Waals surface area contributed by atoms with Gasteiger partial charge in [-0.25, -0.2) is 0 Å². The molecule has 2 aromatic rings. The zero-order valence-corrected chi connectivity index (χ0v) is 12.7. The summed E-state index contributed by atoms with van der Waals surface area (Å²) in [4.78, 5) is 0. The standard InChI is InChI=1S/C14H17ClN2O4/c1-18-10-5-3-6-11(14(10)19-2)20-9-13-17-16-12(21-13)7-4-8-15/h3,5-6H,4,7-9H2,1-2H3. The van der Waals surface area contributed by atoms with Crippen LogP contribution in [0.1, 0.15) is 18.2 Å². The van der Waals surface area contributed by atoms with Crippen LogP contribution in [0.15, 0.2) is 22.6 Å². The number of nitrogens with zero attached hydrogens (tertiary/aromatic N) is 2. The number of halogens is 1. The number of methoxy groups -OCH3 is 2. The van der Waals surface area contributed by atoms with E-state index in [1.807, 2.05) is 6.07 Å². The van der Waals surface area contributed by atoms with Gasteiger partial charge in [0.25, 0.3) is 5.89 Å². The third-order valence-electron chi connectivity index (χ3n) is 2.75. The molecular formula is C14H17ClN2O4. The number of aryl methyl sites for hydroxylation is 1. The first-order chi connectivity index (χ1) is 10.3. The minimum Gasteiger partial charge on any atom is -0.493 e. The van der Waals surface area contributed by atoms with Crippen LogP contribution >= 0.6 is 11.6 Å². The average molecular weight is 313 g/mol. The van der Waals surface area contributed by atoms with E-state index in [-0.39, 0.29) is 6.61 Å². The average Bonchev–Trinajstić information content (AvgIpc) is 2.98.